The molecule has 3 rings (SSSR count). The molecule has 0 fully saturated rings. The Bertz CT molecular complexity index is 1360. The number of ether oxygens (including phenoxy) is 3. The SMILES string of the molecule is COc1cc(C=Nn2c(=O)[nH]c3ccccc3c2=O)cc([N+](=O)[O-])c1OCC(=O)OC(C)C. The summed E-state index contributed by atoms with van der Waals surface area (Å²) in [5, 5.41) is 15.7. The van der Waals surface area contributed by atoms with Crippen molar-refractivity contribution in [2.24, 2.45) is 5.10 Å². The number of nitro benzene ring substituents is 1. The fourth-order valence-electron chi connectivity index (χ4n) is 2.93. The number of esters is 1. The lowest BCUT2D eigenvalue weighted by Crippen LogP contribution is -2.32. The van der Waals surface area contributed by atoms with Gasteiger partial charge in [0.1, 0.15) is 0 Å². The van der Waals surface area contributed by atoms with Crippen molar-refractivity contribution in [3.8, 4) is 11.5 Å². The van der Waals surface area contributed by atoms with Gasteiger partial charge in [-0.15, -0.1) is 4.68 Å². The van der Waals surface area contributed by atoms with Crippen LogP contribution in [0.3, 0.4) is 0 Å². The van der Waals surface area contributed by atoms with Gasteiger partial charge in [0, 0.05) is 11.6 Å². The minimum absolute atomic E-state index is 0.0530. The first-order valence-corrected chi connectivity index (χ1v) is 9.68. The number of carbonyl (C=O) groups is 1. The lowest BCUT2D eigenvalue weighted by atomic mass is 10.2. The first-order chi connectivity index (χ1) is 15.7. The predicted octanol–water partition coefficient (Wildman–Crippen LogP) is 1.82. The van der Waals surface area contributed by atoms with Crippen molar-refractivity contribution < 1.29 is 23.9 Å². The molecule has 0 bridgehead atoms. The Morgan fingerprint density at radius 2 is 2.00 bits per heavy atom. The summed E-state index contributed by atoms with van der Waals surface area (Å²) in [7, 11) is 1.26. The summed E-state index contributed by atoms with van der Waals surface area (Å²) in [6.07, 6.45) is 0.718. The molecule has 33 heavy (non-hydrogen) atoms. The van der Waals surface area contributed by atoms with Crippen LogP contribution in [0.4, 0.5) is 5.69 Å². The third-order valence-electron chi connectivity index (χ3n) is 4.28. The van der Waals surface area contributed by atoms with Gasteiger partial charge in [-0.25, -0.2) is 9.59 Å². The summed E-state index contributed by atoms with van der Waals surface area (Å²) < 4.78 is 16.0. The van der Waals surface area contributed by atoms with Crippen LogP contribution < -0.4 is 20.7 Å². The Balaban J connectivity index is 1.99. The largest absolute Gasteiger partial charge is 0.493 e. The smallest absolute Gasteiger partial charge is 0.349 e. The Hall–Kier alpha value is -4.48. The molecule has 0 aliphatic rings. The summed E-state index contributed by atoms with van der Waals surface area (Å²) >= 11 is 0. The van der Waals surface area contributed by atoms with Crippen LogP contribution in [-0.4, -0.2) is 46.6 Å². The highest BCUT2D eigenvalue weighted by Gasteiger charge is 2.23. The standard InChI is InChI=1S/C21H20N4O8/c1-12(2)33-18(26)11-32-19-16(25(29)30)8-13(9-17(19)31-3)10-22-24-20(27)14-6-4-5-7-15(14)23-21(24)28/h4-10,12H,11H2,1-3H3,(H,23,28). The predicted molar refractivity (Wildman–Crippen MR) is 118 cm³/mol. The molecule has 0 aliphatic carbocycles. The van der Waals surface area contributed by atoms with E-state index in [-0.39, 0.29) is 28.6 Å². The molecule has 3 aromatic rings. The van der Waals surface area contributed by atoms with Gasteiger partial charge in [0.25, 0.3) is 5.56 Å². The summed E-state index contributed by atoms with van der Waals surface area (Å²) in [6.45, 7) is 2.74. The average molecular weight is 456 g/mol. The Labute approximate surface area is 186 Å². The van der Waals surface area contributed by atoms with E-state index in [1.54, 1.807) is 32.0 Å². The molecule has 1 aromatic heterocycles. The molecule has 1 N–H and O–H groups in total. The number of aromatic amines is 1. The van der Waals surface area contributed by atoms with Crippen LogP contribution in [0.2, 0.25) is 0 Å². The minimum atomic E-state index is -0.778. The van der Waals surface area contributed by atoms with E-state index < -0.39 is 34.4 Å². The summed E-state index contributed by atoms with van der Waals surface area (Å²) in [4.78, 5) is 50.0. The molecular formula is C21H20N4O8. The summed E-state index contributed by atoms with van der Waals surface area (Å²) in [5.41, 5.74) is -1.44. The van der Waals surface area contributed by atoms with Gasteiger partial charge in [-0.2, -0.15) is 5.10 Å². The third kappa shape index (κ3) is 5.23. The second kappa shape index (κ2) is 9.77. The maximum absolute atomic E-state index is 12.6. The average Bonchev–Trinajstić information content (AvgIpc) is 2.76. The number of para-hydroxylation sites is 1. The van der Waals surface area contributed by atoms with E-state index in [2.05, 4.69) is 10.1 Å². The van der Waals surface area contributed by atoms with Crippen LogP contribution >= 0.6 is 0 Å². The van der Waals surface area contributed by atoms with E-state index in [9.17, 15) is 24.5 Å². The van der Waals surface area contributed by atoms with Crippen LogP contribution in [0.25, 0.3) is 10.9 Å². The zero-order valence-electron chi connectivity index (χ0n) is 17.9. The van der Waals surface area contributed by atoms with Crippen LogP contribution in [0, 0.1) is 10.1 Å². The number of benzene rings is 2. The fourth-order valence-corrected chi connectivity index (χ4v) is 2.93. The van der Waals surface area contributed by atoms with Crippen molar-refractivity contribution >= 4 is 28.8 Å². The molecule has 0 atom stereocenters. The second-order valence-corrected chi connectivity index (χ2v) is 6.99. The number of nitro groups is 1. The molecule has 0 amide bonds. The number of methoxy groups -OCH3 is 1. The number of aromatic nitrogens is 2. The van der Waals surface area contributed by atoms with Gasteiger partial charge >= 0.3 is 17.3 Å². The molecule has 0 spiro atoms. The molecule has 0 saturated heterocycles. The number of nitrogens with zero attached hydrogens (tertiary/aromatic N) is 3. The van der Waals surface area contributed by atoms with Gasteiger partial charge in [-0.05, 0) is 32.0 Å². The second-order valence-electron chi connectivity index (χ2n) is 6.99. The first-order valence-electron chi connectivity index (χ1n) is 9.68. The number of H-pyrrole nitrogens is 1. The monoisotopic (exact) mass is 456 g/mol. The zero-order valence-corrected chi connectivity index (χ0v) is 17.9. The highest BCUT2D eigenvalue weighted by atomic mass is 16.6. The number of hydrogen-bond acceptors (Lipinski definition) is 9. The van der Waals surface area contributed by atoms with E-state index in [0.717, 1.165) is 12.3 Å². The summed E-state index contributed by atoms with van der Waals surface area (Å²) in [6, 6.07) is 8.87. The van der Waals surface area contributed by atoms with Gasteiger partial charge in [0.15, 0.2) is 12.4 Å². The van der Waals surface area contributed by atoms with Crippen molar-refractivity contribution in [1.82, 2.24) is 9.66 Å². The van der Waals surface area contributed by atoms with E-state index in [1.807, 2.05) is 0 Å². The molecule has 0 unspecified atom stereocenters. The molecule has 172 valence electrons. The maximum Gasteiger partial charge on any atom is 0.349 e. The van der Waals surface area contributed by atoms with Gasteiger partial charge in [-0.1, -0.05) is 12.1 Å². The van der Waals surface area contributed by atoms with Crippen LogP contribution in [0.1, 0.15) is 19.4 Å². The Kier molecular flexibility index (Phi) is 6.86. The van der Waals surface area contributed by atoms with Crippen molar-refractivity contribution in [2.45, 2.75) is 20.0 Å². The molecule has 12 heteroatoms. The van der Waals surface area contributed by atoms with Gasteiger partial charge in [0.05, 0.1) is 35.3 Å². The highest BCUT2D eigenvalue weighted by molar-refractivity contribution is 5.83. The molecule has 0 radical (unpaired) electrons. The van der Waals surface area contributed by atoms with Gasteiger partial charge in [-0.3, -0.25) is 14.9 Å². The Morgan fingerprint density at radius 1 is 1.27 bits per heavy atom. The topological polar surface area (TPSA) is 155 Å². The number of rotatable bonds is 8. The van der Waals surface area contributed by atoms with Crippen LogP contribution in [0.15, 0.2) is 51.1 Å². The number of fused-ring (bicyclic) bond motifs is 1. The van der Waals surface area contributed by atoms with Gasteiger partial charge < -0.3 is 19.2 Å². The zero-order chi connectivity index (χ0) is 24.1. The number of carbonyl (C=O) groups excluding carboxylic acids is 1. The van der Waals surface area contributed by atoms with Crippen LogP contribution in [0.5, 0.6) is 11.5 Å². The minimum Gasteiger partial charge on any atom is -0.493 e. The van der Waals surface area contributed by atoms with Gasteiger partial charge in [0.2, 0.25) is 5.75 Å². The quantitative estimate of drug-likeness (QED) is 0.233. The van der Waals surface area contributed by atoms with Crippen molar-refractivity contribution in [1.29, 1.82) is 0 Å². The molecular weight excluding hydrogens is 436 g/mol. The van der Waals surface area contributed by atoms with Crippen molar-refractivity contribution in [3.63, 3.8) is 0 Å². The van der Waals surface area contributed by atoms with E-state index in [4.69, 9.17) is 14.2 Å². The molecule has 2 aromatic carbocycles. The molecule has 0 aliphatic heterocycles. The first kappa shape index (κ1) is 23.2. The lowest BCUT2D eigenvalue weighted by molar-refractivity contribution is -0.385. The van der Waals surface area contributed by atoms with Crippen LogP contribution in [-0.2, 0) is 9.53 Å². The lowest BCUT2D eigenvalue weighted by Gasteiger charge is -2.12. The molecule has 1 heterocycles. The van der Waals surface area contributed by atoms with E-state index in [1.165, 1.54) is 19.2 Å². The summed E-state index contributed by atoms with van der Waals surface area (Å²) in [5.74, 6) is -1.04. The maximum atomic E-state index is 12.6. The van der Waals surface area contributed by atoms with E-state index in [0.29, 0.717) is 10.2 Å². The van der Waals surface area contributed by atoms with Crippen molar-refractivity contribution in [2.75, 3.05) is 13.7 Å². The number of nitrogens with one attached hydrogen (secondary N) is 1. The Morgan fingerprint density at radius 3 is 2.67 bits per heavy atom. The van der Waals surface area contributed by atoms with Crippen molar-refractivity contribution in [3.05, 3.63) is 72.9 Å². The van der Waals surface area contributed by atoms with E-state index >= 15 is 0 Å². The fraction of sp³-hybridized carbons (Fsp3) is 0.238. The molecule has 0 saturated carbocycles. The highest BCUT2D eigenvalue weighted by Crippen LogP contribution is 2.38. The third-order valence-corrected chi connectivity index (χ3v) is 4.28. The normalized spacial score (nSPS) is 11.2. The number of hydrogen-bond donors (Lipinski definition) is 1. The molecule has 12 nitrogen and oxygen atoms in total.